The number of hydrogen-bond acceptors (Lipinski definition) is 3. The summed E-state index contributed by atoms with van der Waals surface area (Å²) < 4.78 is 5.73. The van der Waals surface area contributed by atoms with Gasteiger partial charge in [-0.05, 0) is 30.5 Å². The minimum Gasteiger partial charge on any atom is -0.454 e. The number of cyclic esters (lactones) is 1. The highest BCUT2D eigenvalue weighted by Crippen LogP contribution is 2.42. The lowest BCUT2D eigenvalue weighted by Gasteiger charge is -2.29. The zero-order valence-corrected chi connectivity index (χ0v) is 14.0. The third kappa shape index (κ3) is 2.54. The van der Waals surface area contributed by atoms with Crippen LogP contribution in [0, 0.1) is 0 Å². The van der Waals surface area contributed by atoms with Crippen LogP contribution in [0.3, 0.4) is 0 Å². The van der Waals surface area contributed by atoms with E-state index >= 15 is 0 Å². The summed E-state index contributed by atoms with van der Waals surface area (Å²) in [6.07, 6.45) is 2.25. The Morgan fingerprint density at radius 2 is 1.64 bits per heavy atom. The highest BCUT2D eigenvalue weighted by atomic mass is 16.5. The van der Waals surface area contributed by atoms with Gasteiger partial charge in [0.2, 0.25) is 0 Å². The molecule has 0 bridgehead atoms. The Hall–Kier alpha value is -2.88. The number of carbonyl (C=O) groups excluding carboxylic acids is 2. The highest BCUT2D eigenvalue weighted by Gasteiger charge is 2.37. The summed E-state index contributed by atoms with van der Waals surface area (Å²) >= 11 is 0. The molecule has 4 nitrogen and oxygen atoms in total. The van der Waals surface area contributed by atoms with E-state index in [1.807, 2.05) is 42.5 Å². The molecule has 25 heavy (non-hydrogen) atoms. The topological polar surface area (TPSA) is 55.4 Å². The van der Waals surface area contributed by atoms with Crippen molar-refractivity contribution in [1.29, 1.82) is 0 Å². The summed E-state index contributed by atoms with van der Waals surface area (Å²) in [6, 6.07) is 15.0. The molecule has 0 spiro atoms. The van der Waals surface area contributed by atoms with Crippen molar-refractivity contribution < 1.29 is 14.3 Å². The van der Waals surface area contributed by atoms with Crippen LogP contribution in [0.15, 0.2) is 48.5 Å². The van der Waals surface area contributed by atoms with Gasteiger partial charge in [0.1, 0.15) is 6.10 Å². The first-order chi connectivity index (χ1) is 12.2. The molecule has 2 aromatic rings. The van der Waals surface area contributed by atoms with Gasteiger partial charge >= 0.3 is 5.97 Å². The van der Waals surface area contributed by atoms with E-state index in [4.69, 9.17) is 4.74 Å². The largest absolute Gasteiger partial charge is 0.454 e. The van der Waals surface area contributed by atoms with Crippen LogP contribution in [-0.2, 0) is 9.53 Å². The van der Waals surface area contributed by atoms with Crippen molar-refractivity contribution in [3.63, 3.8) is 0 Å². The number of rotatable bonds is 3. The number of esters is 1. The maximum Gasteiger partial charge on any atom is 0.339 e. The number of anilines is 1. The van der Waals surface area contributed by atoms with Crippen LogP contribution in [0.25, 0.3) is 11.1 Å². The van der Waals surface area contributed by atoms with Crippen molar-refractivity contribution in [3.8, 4) is 0 Å². The molecule has 0 fully saturated rings. The average molecular weight is 333 g/mol. The smallest absolute Gasteiger partial charge is 0.339 e. The van der Waals surface area contributed by atoms with E-state index in [2.05, 4.69) is 12.2 Å². The lowest BCUT2D eigenvalue weighted by atomic mass is 9.85. The minimum absolute atomic E-state index is 0.134. The monoisotopic (exact) mass is 333 g/mol. The fourth-order valence-corrected chi connectivity index (χ4v) is 3.59. The molecule has 1 unspecified atom stereocenters. The summed E-state index contributed by atoms with van der Waals surface area (Å²) in [5.74, 6) is -0.446. The second kappa shape index (κ2) is 6.20. The third-order valence-corrected chi connectivity index (χ3v) is 4.77. The summed E-state index contributed by atoms with van der Waals surface area (Å²) in [4.78, 5) is 25.1. The number of fused-ring (bicyclic) bond motifs is 2. The van der Waals surface area contributed by atoms with Gasteiger partial charge in [0, 0.05) is 16.8 Å². The molecule has 2 aliphatic rings. The zero-order chi connectivity index (χ0) is 17.4. The van der Waals surface area contributed by atoms with Crippen LogP contribution in [0.1, 0.15) is 47.7 Å². The first kappa shape index (κ1) is 15.6. The summed E-state index contributed by atoms with van der Waals surface area (Å²) in [6.45, 7) is 2.10. The zero-order valence-electron chi connectivity index (χ0n) is 14.0. The van der Waals surface area contributed by atoms with Crippen molar-refractivity contribution in [2.45, 2.75) is 32.3 Å². The van der Waals surface area contributed by atoms with E-state index in [0.717, 1.165) is 35.2 Å². The number of ether oxygens (including phenoxy) is 1. The van der Waals surface area contributed by atoms with Crippen LogP contribution < -0.4 is 5.32 Å². The SMILES string of the molecule is CCCCC1OC(=O)c2ccccc2/C1=C1\C(=O)Nc2ccccc21. The Morgan fingerprint density at radius 1 is 0.960 bits per heavy atom. The molecule has 1 atom stereocenters. The molecule has 0 saturated heterocycles. The number of unbranched alkanes of at least 4 members (excludes halogenated alkanes) is 1. The van der Waals surface area contributed by atoms with Crippen LogP contribution >= 0.6 is 0 Å². The average Bonchev–Trinajstić information content (AvgIpc) is 2.96. The molecule has 0 radical (unpaired) electrons. The standard InChI is InChI=1S/C21H19NO3/c1-2-3-12-17-18(13-8-4-5-9-14(13)21(24)25-17)19-15-10-6-7-11-16(15)22-20(19)23/h4-11,17H,2-3,12H2,1H3,(H,22,23)/b19-18+. The lowest BCUT2D eigenvalue weighted by Crippen LogP contribution is -2.28. The molecule has 126 valence electrons. The Kier molecular flexibility index (Phi) is 3.88. The minimum atomic E-state index is -0.394. The molecule has 2 aromatic carbocycles. The van der Waals surface area contributed by atoms with Crippen LogP contribution in [0.2, 0.25) is 0 Å². The Balaban J connectivity index is 1.97. The van der Waals surface area contributed by atoms with E-state index in [0.29, 0.717) is 17.6 Å². The van der Waals surface area contributed by atoms with Gasteiger partial charge in [-0.3, -0.25) is 4.79 Å². The number of hydrogen-bond donors (Lipinski definition) is 1. The molecule has 0 aromatic heterocycles. The van der Waals surface area contributed by atoms with E-state index < -0.39 is 6.10 Å². The highest BCUT2D eigenvalue weighted by molar-refractivity contribution is 6.37. The second-order valence-electron chi connectivity index (χ2n) is 6.37. The van der Waals surface area contributed by atoms with Gasteiger partial charge in [-0.1, -0.05) is 49.7 Å². The predicted molar refractivity (Wildman–Crippen MR) is 97.1 cm³/mol. The van der Waals surface area contributed by atoms with E-state index in [1.54, 1.807) is 6.07 Å². The first-order valence-corrected chi connectivity index (χ1v) is 8.66. The second-order valence-corrected chi connectivity index (χ2v) is 6.37. The van der Waals surface area contributed by atoms with Crippen molar-refractivity contribution in [2.75, 3.05) is 5.32 Å². The molecule has 4 heteroatoms. The number of nitrogens with one attached hydrogen (secondary N) is 1. The van der Waals surface area contributed by atoms with Gasteiger partial charge in [-0.2, -0.15) is 0 Å². The molecule has 1 amide bonds. The predicted octanol–water partition coefficient (Wildman–Crippen LogP) is 4.28. The van der Waals surface area contributed by atoms with Crippen LogP contribution in [-0.4, -0.2) is 18.0 Å². The Labute approximate surface area is 146 Å². The molecule has 0 saturated carbocycles. The van der Waals surface area contributed by atoms with Gasteiger partial charge in [0.15, 0.2) is 0 Å². The van der Waals surface area contributed by atoms with Crippen molar-refractivity contribution in [1.82, 2.24) is 0 Å². The quantitative estimate of drug-likeness (QED) is 0.674. The van der Waals surface area contributed by atoms with Crippen molar-refractivity contribution >= 4 is 28.7 Å². The maximum absolute atomic E-state index is 12.7. The Bertz CT molecular complexity index is 898. The number of carbonyl (C=O) groups is 2. The molecule has 2 aliphatic heterocycles. The Morgan fingerprint density at radius 3 is 2.40 bits per heavy atom. The van der Waals surface area contributed by atoms with Gasteiger partial charge in [-0.15, -0.1) is 0 Å². The molecule has 4 rings (SSSR count). The molecule has 0 aliphatic carbocycles. The molecular formula is C21H19NO3. The molecule has 1 N–H and O–H groups in total. The maximum atomic E-state index is 12.7. The van der Waals surface area contributed by atoms with Gasteiger partial charge < -0.3 is 10.1 Å². The molecule has 2 heterocycles. The van der Waals surface area contributed by atoms with E-state index in [9.17, 15) is 9.59 Å². The number of amides is 1. The fraction of sp³-hybridized carbons (Fsp3) is 0.238. The summed E-state index contributed by atoms with van der Waals surface area (Å²) in [7, 11) is 0. The van der Waals surface area contributed by atoms with E-state index in [-0.39, 0.29) is 11.9 Å². The third-order valence-electron chi connectivity index (χ3n) is 4.77. The van der Waals surface area contributed by atoms with Gasteiger partial charge in [0.05, 0.1) is 11.1 Å². The first-order valence-electron chi connectivity index (χ1n) is 8.66. The normalized spacial score (nSPS) is 21.4. The summed E-state index contributed by atoms with van der Waals surface area (Å²) in [5, 5.41) is 2.93. The number of benzene rings is 2. The summed E-state index contributed by atoms with van der Waals surface area (Å²) in [5.41, 5.74) is 4.45. The van der Waals surface area contributed by atoms with E-state index in [1.165, 1.54) is 0 Å². The fourth-order valence-electron chi connectivity index (χ4n) is 3.59. The van der Waals surface area contributed by atoms with Crippen LogP contribution in [0.5, 0.6) is 0 Å². The van der Waals surface area contributed by atoms with Crippen molar-refractivity contribution in [3.05, 3.63) is 65.2 Å². The van der Waals surface area contributed by atoms with Gasteiger partial charge in [0.25, 0.3) is 5.91 Å². The molecular weight excluding hydrogens is 314 g/mol. The number of para-hydroxylation sites is 1. The van der Waals surface area contributed by atoms with Crippen molar-refractivity contribution in [2.24, 2.45) is 0 Å². The van der Waals surface area contributed by atoms with Crippen LogP contribution in [0.4, 0.5) is 5.69 Å². The van der Waals surface area contributed by atoms with Gasteiger partial charge in [-0.25, -0.2) is 4.79 Å². The lowest BCUT2D eigenvalue weighted by molar-refractivity contribution is -0.110.